The molecule has 0 amide bonds. The molecule has 0 saturated carbocycles. The lowest BCUT2D eigenvalue weighted by Crippen LogP contribution is -2.26. The monoisotopic (exact) mass is 341 g/mol. The first-order valence-electron chi connectivity index (χ1n) is 7.76. The van der Waals surface area contributed by atoms with Crippen molar-refractivity contribution in [1.82, 2.24) is 4.72 Å². The maximum atomic E-state index is 12.6. The van der Waals surface area contributed by atoms with Crippen LogP contribution in [-0.4, -0.2) is 20.1 Å². The Kier molecular flexibility index (Phi) is 4.94. The van der Waals surface area contributed by atoms with E-state index in [1.807, 2.05) is 54.6 Å². The lowest BCUT2D eigenvalue weighted by atomic mass is 10.1. The van der Waals surface area contributed by atoms with Gasteiger partial charge in [-0.05, 0) is 29.0 Å². The van der Waals surface area contributed by atoms with E-state index in [0.29, 0.717) is 17.9 Å². The Labute approximate surface area is 141 Å². The summed E-state index contributed by atoms with van der Waals surface area (Å²) >= 11 is 0. The molecule has 0 fully saturated rings. The van der Waals surface area contributed by atoms with Crippen LogP contribution in [0.4, 0.5) is 0 Å². The largest absolute Gasteiger partial charge is 0.392 e. The van der Waals surface area contributed by atoms with Crippen molar-refractivity contribution in [2.45, 2.75) is 17.9 Å². The molecule has 0 radical (unpaired) electrons. The molecule has 5 heteroatoms. The maximum Gasteiger partial charge on any atom is 0.241 e. The third kappa shape index (κ3) is 3.64. The summed E-state index contributed by atoms with van der Waals surface area (Å²) in [5.41, 5.74) is 1.86. The maximum absolute atomic E-state index is 12.6. The smallest absolute Gasteiger partial charge is 0.241 e. The number of aliphatic hydroxyl groups excluding tert-OH is 1. The molecule has 24 heavy (non-hydrogen) atoms. The van der Waals surface area contributed by atoms with Gasteiger partial charge >= 0.3 is 0 Å². The Balaban J connectivity index is 1.73. The quantitative estimate of drug-likeness (QED) is 0.724. The van der Waals surface area contributed by atoms with Gasteiger partial charge in [0.25, 0.3) is 0 Å². The minimum Gasteiger partial charge on any atom is -0.392 e. The molecule has 3 rings (SSSR count). The van der Waals surface area contributed by atoms with E-state index in [1.165, 1.54) is 0 Å². The minimum absolute atomic E-state index is 0.00793. The second-order valence-corrected chi connectivity index (χ2v) is 7.34. The van der Waals surface area contributed by atoms with Crippen LogP contribution in [0.1, 0.15) is 11.1 Å². The molecule has 0 bridgehead atoms. The third-order valence-electron chi connectivity index (χ3n) is 3.95. The third-order valence-corrected chi connectivity index (χ3v) is 5.47. The van der Waals surface area contributed by atoms with Gasteiger partial charge in [0.1, 0.15) is 0 Å². The van der Waals surface area contributed by atoms with Gasteiger partial charge in [0.05, 0.1) is 11.5 Å². The molecule has 0 aliphatic carbocycles. The molecule has 0 atom stereocenters. The van der Waals surface area contributed by atoms with Crippen molar-refractivity contribution in [2.24, 2.45) is 0 Å². The molecule has 3 aromatic carbocycles. The number of hydrogen-bond donors (Lipinski definition) is 2. The summed E-state index contributed by atoms with van der Waals surface area (Å²) < 4.78 is 27.9. The van der Waals surface area contributed by atoms with Gasteiger partial charge in [0.2, 0.25) is 10.0 Å². The highest BCUT2D eigenvalue weighted by Gasteiger charge is 2.16. The van der Waals surface area contributed by atoms with Crippen molar-refractivity contribution in [3.05, 3.63) is 77.9 Å². The van der Waals surface area contributed by atoms with Crippen molar-refractivity contribution in [1.29, 1.82) is 0 Å². The first kappa shape index (κ1) is 16.6. The van der Waals surface area contributed by atoms with Crippen LogP contribution in [0.5, 0.6) is 0 Å². The van der Waals surface area contributed by atoms with Gasteiger partial charge < -0.3 is 5.11 Å². The summed E-state index contributed by atoms with van der Waals surface area (Å²) in [4.78, 5) is 0.302. The predicted octanol–water partition coefficient (Wildman–Crippen LogP) is 2.85. The summed E-state index contributed by atoms with van der Waals surface area (Å²) in [7, 11) is -3.56. The number of sulfonamides is 1. The van der Waals surface area contributed by atoms with Crippen molar-refractivity contribution in [3.8, 4) is 0 Å². The average Bonchev–Trinajstić information content (AvgIpc) is 2.61. The molecule has 0 saturated heterocycles. The van der Waals surface area contributed by atoms with E-state index in [4.69, 9.17) is 5.11 Å². The number of rotatable bonds is 6. The van der Waals surface area contributed by atoms with Crippen LogP contribution in [0.2, 0.25) is 0 Å². The van der Waals surface area contributed by atoms with Crippen LogP contribution in [0, 0.1) is 0 Å². The van der Waals surface area contributed by atoms with Crippen LogP contribution in [0.25, 0.3) is 10.8 Å². The highest BCUT2D eigenvalue weighted by atomic mass is 32.2. The Morgan fingerprint density at radius 2 is 1.50 bits per heavy atom. The van der Waals surface area contributed by atoms with Crippen LogP contribution >= 0.6 is 0 Å². The van der Waals surface area contributed by atoms with Crippen molar-refractivity contribution in [2.75, 3.05) is 6.54 Å². The molecule has 0 unspecified atom stereocenters. The van der Waals surface area contributed by atoms with Crippen molar-refractivity contribution in [3.63, 3.8) is 0 Å². The number of fused-ring (bicyclic) bond motifs is 1. The molecular formula is C19H19NO3S. The van der Waals surface area contributed by atoms with E-state index in [0.717, 1.165) is 21.9 Å². The zero-order valence-corrected chi connectivity index (χ0v) is 14.0. The lowest BCUT2D eigenvalue weighted by Gasteiger charge is -2.10. The molecule has 124 valence electrons. The SMILES string of the molecule is O=S(=O)(NCCc1ccc(CO)cc1)c1cccc2ccccc12. The Morgan fingerprint density at radius 3 is 2.25 bits per heavy atom. The van der Waals surface area contributed by atoms with Crippen LogP contribution < -0.4 is 4.72 Å². The zero-order valence-electron chi connectivity index (χ0n) is 13.1. The fourth-order valence-corrected chi connectivity index (χ4v) is 3.91. The Hall–Kier alpha value is -2.21. The number of nitrogens with one attached hydrogen (secondary N) is 1. The second-order valence-electron chi connectivity index (χ2n) is 5.60. The molecule has 0 aliphatic heterocycles. The summed E-state index contributed by atoms with van der Waals surface area (Å²) in [6.45, 7) is 0.331. The molecule has 3 aromatic rings. The number of hydrogen-bond acceptors (Lipinski definition) is 3. The zero-order chi connectivity index (χ0) is 17.0. The average molecular weight is 341 g/mol. The van der Waals surface area contributed by atoms with Crippen LogP contribution in [0.15, 0.2) is 71.6 Å². The molecule has 0 aromatic heterocycles. The first-order valence-corrected chi connectivity index (χ1v) is 9.24. The number of aliphatic hydroxyl groups is 1. The van der Waals surface area contributed by atoms with E-state index in [-0.39, 0.29) is 6.61 Å². The Bertz CT molecular complexity index is 929. The molecule has 2 N–H and O–H groups in total. The first-order chi connectivity index (χ1) is 11.6. The van der Waals surface area contributed by atoms with Gasteiger partial charge in [0, 0.05) is 11.9 Å². The highest BCUT2D eigenvalue weighted by molar-refractivity contribution is 7.89. The Morgan fingerprint density at radius 1 is 0.833 bits per heavy atom. The highest BCUT2D eigenvalue weighted by Crippen LogP contribution is 2.22. The summed E-state index contributed by atoms with van der Waals surface area (Å²) in [6.07, 6.45) is 0.593. The van der Waals surface area contributed by atoms with Gasteiger partial charge in [0.15, 0.2) is 0 Å². The molecule has 0 aliphatic rings. The molecule has 0 spiro atoms. The summed E-state index contributed by atoms with van der Waals surface area (Å²) in [5.74, 6) is 0. The van der Waals surface area contributed by atoms with Crippen molar-refractivity contribution >= 4 is 20.8 Å². The normalized spacial score (nSPS) is 11.7. The second kappa shape index (κ2) is 7.13. The van der Waals surface area contributed by atoms with Crippen molar-refractivity contribution < 1.29 is 13.5 Å². The van der Waals surface area contributed by atoms with Gasteiger partial charge in [-0.2, -0.15) is 0 Å². The van der Waals surface area contributed by atoms with Crippen LogP contribution in [-0.2, 0) is 23.1 Å². The fraction of sp³-hybridized carbons (Fsp3) is 0.158. The molecular weight excluding hydrogens is 322 g/mol. The van der Waals surface area contributed by atoms with E-state index in [1.54, 1.807) is 12.1 Å². The topological polar surface area (TPSA) is 66.4 Å². The molecule has 4 nitrogen and oxygen atoms in total. The molecule has 0 heterocycles. The number of benzene rings is 3. The van der Waals surface area contributed by atoms with E-state index in [9.17, 15) is 8.42 Å². The fourth-order valence-electron chi connectivity index (χ4n) is 2.65. The lowest BCUT2D eigenvalue weighted by molar-refractivity contribution is 0.282. The van der Waals surface area contributed by atoms with Gasteiger partial charge in [-0.25, -0.2) is 13.1 Å². The standard InChI is InChI=1S/C19H19NO3S/c21-14-16-10-8-15(9-11-16)12-13-20-24(22,23)19-7-3-5-17-4-1-2-6-18(17)19/h1-11,20-21H,12-14H2. The van der Waals surface area contributed by atoms with Crippen LogP contribution in [0.3, 0.4) is 0 Å². The van der Waals surface area contributed by atoms with E-state index in [2.05, 4.69) is 4.72 Å². The summed E-state index contributed by atoms with van der Waals surface area (Å²) in [6, 6.07) is 20.2. The van der Waals surface area contributed by atoms with E-state index < -0.39 is 10.0 Å². The minimum atomic E-state index is -3.56. The van der Waals surface area contributed by atoms with Gasteiger partial charge in [-0.15, -0.1) is 0 Å². The van der Waals surface area contributed by atoms with Gasteiger partial charge in [-0.3, -0.25) is 0 Å². The van der Waals surface area contributed by atoms with Gasteiger partial charge in [-0.1, -0.05) is 60.7 Å². The predicted molar refractivity (Wildman–Crippen MR) is 95.2 cm³/mol. The summed E-state index contributed by atoms with van der Waals surface area (Å²) in [5, 5.41) is 10.7. The van der Waals surface area contributed by atoms with E-state index >= 15 is 0 Å².